The number of carbonyl (C=O) groups is 2. The largest absolute Gasteiger partial charge is 0.321 e. The molecule has 0 saturated carbocycles. The maximum absolute atomic E-state index is 12.0. The summed E-state index contributed by atoms with van der Waals surface area (Å²) in [4.78, 5) is 24.3. The number of aldehydes is 1. The van der Waals surface area contributed by atoms with Crippen LogP contribution in [-0.2, 0) is 0 Å². The average Bonchev–Trinajstić information content (AvgIpc) is 2.71. The van der Waals surface area contributed by atoms with E-state index < -0.39 is 0 Å². The Labute approximate surface area is 109 Å². The second-order valence-corrected chi connectivity index (χ2v) is 5.30. The molecular weight excluding hydrogens is 246 g/mol. The van der Waals surface area contributed by atoms with Crippen molar-refractivity contribution < 1.29 is 9.59 Å². The van der Waals surface area contributed by atoms with Crippen molar-refractivity contribution in [2.24, 2.45) is 0 Å². The van der Waals surface area contributed by atoms with Gasteiger partial charge in [-0.25, -0.2) is 0 Å². The van der Waals surface area contributed by atoms with E-state index in [1.807, 2.05) is 19.9 Å². The minimum atomic E-state index is -0.116. The van der Waals surface area contributed by atoms with E-state index >= 15 is 0 Å². The molecule has 0 aliphatic carbocycles. The van der Waals surface area contributed by atoms with E-state index in [0.717, 1.165) is 16.7 Å². The van der Waals surface area contributed by atoms with Gasteiger partial charge in [0.25, 0.3) is 5.91 Å². The minimum Gasteiger partial charge on any atom is -0.321 e. The lowest BCUT2D eigenvalue weighted by Crippen LogP contribution is -2.09. The zero-order valence-corrected chi connectivity index (χ0v) is 11.0. The summed E-state index contributed by atoms with van der Waals surface area (Å²) in [6.07, 6.45) is 0.775. The van der Waals surface area contributed by atoms with Crippen molar-refractivity contribution in [1.29, 1.82) is 0 Å². The first-order chi connectivity index (χ1) is 8.60. The molecule has 0 fully saturated rings. The maximum Gasteiger partial charge on any atom is 0.265 e. The molecule has 0 aliphatic rings. The van der Waals surface area contributed by atoms with Gasteiger partial charge in [-0.15, -0.1) is 11.3 Å². The van der Waals surface area contributed by atoms with Crippen molar-refractivity contribution in [1.82, 2.24) is 0 Å². The Morgan fingerprint density at radius 1 is 1.22 bits per heavy atom. The number of nitrogens with one attached hydrogen (secondary N) is 1. The van der Waals surface area contributed by atoms with Crippen molar-refractivity contribution in [2.75, 3.05) is 5.32 Å². The number of thiophene rings is 1. The summed E-state index contributed by atoms with van der Waals surface area (Å²) in [6.45, 7) is 3.98. The van der Waals surface area contributed by atoms with Crippen LogP contribution in [0.4, 0.5) is 5.69 Å². The number of hydrogen-bond acceptors (Lipinski definition) is 3. The van der Waals surface area contributed by atoms with E-state index in [4.69, 9.17) is 0 Å². The Balaban J connectivity index is 2.13. The van der Waals surface area contributed by atoms with Crippen LogP contribution in [0.3, 0.4) is 0 Å². The van der Waals surface area contributed by atoms with Crippen LogP contribution in [0, 0.1) is 13.8 Å². The summed E-state index contributed by atoms with van der Waals surface area (Å²) in [7, 11) is 0. The highest BCUT2D eigenvalue weighted by Gasteiger charge is 2.10. The van der Waals surface area contributed by atoms with Gasteiger partial charge in [-0.05, 0) is 49.7 Å². The Morgan fingerprint density at radius 2 is 1.89 bits per heavy atom. The maximum atomic E-state index is 12.0. The number of rotatable bonds is 3. The summed E-state index contributed by atoms with van der Waals surface area (Å²) in [5.41, 5.74) is 2.41. The highest BCUT2D eigenvalue weighted by Crippen LogP contribution is 2.21. The lowest BCUT2D eigenvalue weighted by molar-refractivity contribution is 0.103. The average molecular weight is 259 g/mol. The molecule has 0 radical (unpaired) electrons. The number of aryl methyl sites for hydroxylation is 2. The molecule has 2 aromatic rings. The van der Waals surface area contributed by atoms with Crippen LogP contribution in [0.25, 0.3) is 0 Å². The molecule has 92 valence electrons. The molecular formula is C14H13NO2S. The van der Waals surface area contributed by atoms with Gasteiger partial charge in [0.2, 0.25) is 0 Å². The molecule has 1 amide bonds. The second kappa shape index (κ2) is 5.14. The normalized spacial score (nSPS) is 10.1. The lowest BCUT2D eigenvalue weighted by Gasteiger charge is -2.03. The van der Waals surface area contributed by atoms with E-state index in [1.165, 1.54) is 11.3 Å². The van der Waals surface area contributed by atoms with Gasteiger partial charge in [-0.1, -0.05) is 0 Å². The molecule has 1 aromatic carbocycles. The highest BCUT2D eigenvalue weighted by molar-refractivity contribution is 7.14. The molecule has 1 N–H and O–H groups in total. The van der Waals surface area contributed by atoms with Crippen molar-refractivity contribution in [2.45, 2.75) is 13.8 Å². The van der Waals surface area contributed by atoms with E-state index in [-0.39, 0.29) is 5.91 Å². The van der Waals surface area contributed by atoms with Gasteiger partial charge in [0, 0.05) is 16.1 Å². The molecule has 0 saturated heterocycles. The third-order valence-electron chi connectivity index (χ3n) is 2.69. The number of amides is 1. The summed E-state index contributed by atoms with van der Waals surface area (Å²) < 4.78 is 0. The van der Waals surface area contributed by atoms with E-state index in [2.05, 4.69) is 5.32 Å². The Kier molecular flexibility index (Phi) is 3.58. The summed E-state index contributed by atoms with van der Waals surface area (Å²) in [5.74, 6) is -0.116. The molecule has 4 heteroatoms. The predicted molar refractivity (Wildman–Crippen MR) is 73.6 cm³/mol. The van der Waals surface area contributed by atoms with Gasteiger partial charge in [0.05, 0.1) is 4.88 Å². The second-order valence-electron chi connectivity index (χ2n) is 4.04. The Hall–Kier alpha value is -1.94. The third-order valence-corrected chi connectivity index (χ3v) is 3.85. The lowest BCUT2D eigenvalue weighted by atomic mass is 10.2. The number of carbonyl (C=O) groups excluding carboxylic acids is 2. The quantitative estimate of drug-likeness (QED) is 0.858. The molecule has 1 aromatic heterocycles. The molecule has 0 spiro atoms. The molecule has 2 rings (SSSR count). The number of hydrogen-bond donors (Lipinski definition) is 1. The molecule has 0 aliphatic heterocycles. The minimum absolute atomic E-state index is 0.116. The van der Waals surface area contributed by atoms with Crippen molar-refractivity contribution >= 4 is 29.2 Å². The van der Waals surface area contributed by atoms with Crippen LogP contribution >= 0.6 is 11.3 Å². The van der Waals surface area contributed by atoms with Crippen LogP contribution < -0.4 is 5.32 Å². The summed E-state index contributed by atoms with van der Waals surface area (Å²) in [5, 5.41) is 2.81. The van der Waals surface area contributed by atoms with Gasteiger partial charge < -0.3 is 5.32 Å². The van der Waals surface area contributed by atoms with Gasteiger partial charge in [-0.2, -0.15) is 0 Å². The predicted octanol–water partition coefficient (Wildman–Crippen LogP) is 3.43. The fourth-order valence-electron chi connectivity index (χ4n) is 1.52. The first-order valence-electron chi connectivity index (χ1n) is 5.54. The molecule has 0 bridgehead atoms. The molecule has 18 heavy (non-hydrogen) atoms. The van der Waals surface area contributed by atoms with Crippen molar-refractivity contribution in [3.63, 3.8) is 0 Å². The Bertz CT molecular complexity index is 565. The van der Waals surface area contributed by atoms with Gasteiger partial charge in [0.1, 0.15) is 6.29 Å². The third kappa shape index (κ3) is 2.65. The zero-order valence-electron chi connectivity index (χ0n) is 10.2. The van der Waals surface area contributed by atoms with Crippen LogP contribution in [0.15, 0.2) is 30.3 Å². The summed E-state index contributed by atoms with van der Waals surface area (Å²) >= 11 is 1.48. The van der Waals surface area contributed by atoms with Crippen LogP contribution in [0.5, 0.6) is 0 Å². The molecule has 3 nitrogen and oxygen atoms in total. The highest BCUT2D eigenvalue weighted by atomic mass is 32.1. The molecule has 0 unspecified atom stereocenters. The topological polar surface area (TPSA) is 46.2 Å². The molecule has 0 atom stereocenters. The SMILES string of the molecule is Cc1cc(C(=O)Nc2ccc(C=O)cc2)sc1C. The zero-order chi connectivity index (χ0) is 13.1. The smallest absolute Gasteiger partial charge is 0.265 e. The van der Waals surface area contributed by atoms with E-state index in [9.17, 15) is 9.59 Å². The Morgan fingerprint density at radius 3 is 2.39 bits per heavy atom. The summed E-state index contributed by atoms with van der Waals surface area (Å²) in [6, 6.07) is 8.67. The molecule has 1 heterocycles. The van der Waals surface area contributed by atoms with E-state index in [1.54, 1.807) is 24.3 Å². The van der Waals surface area contributed by atoms with Gasteiger partial charge in [-0.3, -0.25) is 9.59 Å². The van der Waals surface area contributed by atoms with Crippen LogP contribution in [0.1, 0.15) is 30.5 Å². The standard InChI is InChI=1S/C14H13NO2S/c1-9-7-13(18-10(9)2)14(17)15-12-5-3-11(8-16)4-6-12/h3-8H,1-2H3,(H,15,17). The number of benzene rings is 1. The fraction of sp³-hybridized carbons (Fsp3) is 0.143. The monoisotopic (exact) mass is 259 g/mol. The van der Waals surface area contributed by atoms with Gasteiger partial charge in [0.15, 0.2) is 0 Å². The van der Waals surface area contributed by atoms with Crippen LogP contribution in [0.2, 0.25) is 0 Å². The van der Waals surface area contributed by atoms with Gasteiger partial charge >= 0.3 is 0 Å². The van der Waals surface area contributed by atoms with Crippen molar-refractivity contribution in [3.8, 4) is 0 Å². The number of anilines is 1. The van der Waals surface area contributed by atoms with E-state index in [0.29, 0.717) is 16.1 Å². The van der Waals surface area contributed by atoms with Crippen LogP contribution in [-0.4, -0.2) is 12.2 Å². The van der Waals surface area contributed by atoms with Crippen molar-refractivity contribution in [3.05, 3.63) is 51.2 Å². The first kappa shape index (κ1) is 12.5. The fourth-order valence-corrected chi connectivity index (χ4v) is 2.45. The first-order valence-corrected chi connectivity index (χ1v) is 6.35.